The number of carbonyl (C=O) groups excluding carboxylic acids is 1. The fraction of sp³-hybridized carbons (Fsp3) is 0.481. The molecule has 2 saturated heterocycles. The summed E-state index contributed by atoms with van der Waals surface area (Å²) in [7, 11) is 0. The van der Waals surface area contributed by atoms with Crippen molar-refractivity contribution in [3.8, 4) is 0 Å². The van der Waals surface area contributed by atoms with Gasteiger partial charge in [0.1, 0.15) is 5.82 Å². The lowest BCUT2D eigenvalue weighted by Gasteiger charge is -2.43. The van der Waals surface area contributed by atoms with Crippen molar-refractivity contribution in [2.75, 3.05) is 50.8 Å². The molecule has 2 atom stereocenters. The van der Waals surface area contributed by atoms with Crippen molar-refractivity contribution in [3.05, 3.63) is 65.0 Å². The number of anilines is 1. The van der Waals surface area contributed by atoms with E-state index >= 15 is 0 Å². The van der Waals surface area contributed by atoms with Crippen molar-refractivity contribution in [3.63, 3.8) is 0 Å². The van der Waals surface area contributed by atoms with Crippen LogP contribution in [0.25, 0.3) is 0 Å². The molecule has 2 heterocycles. The fourth-order valence-electron chi connectivity index (χ4n) is 5.51. The van der Waals surface area contributed by atoms with E-state index in [1.54, 1.807) is 0 Å². The van der Waals surface area contributed by atoms with Crippen LogP contribution >= 0.6 is 0 Å². The SMILES string of the molecule is O=C(O)NC[C@@H]1CCCc2ccc(N3CCN(C4COC4)CC3)cc2[C@H]1NC(=O)c1ccc(F)cc1. The van der Waals surface area contributed by atoms with Gasteiger partial charge in [0.2, 0.25) is 0 Å². The van der Waals surface area contributed by atoms with Crippen molar-refractivity contribution in [2.45, 2.75) is 31.3 Å². The zero-order valence-corrected chi connectivity index (χ0v) is 20.3. The van der Waals surface area contributed by atoms with Crippen LogP contribution in [0.1, 0.15) is 40.4 Å². The van der Waals surface area contributed by atoms with Crippen molar-refractivity contribution < 1.29 is 23.8 Å². The van der Waals surface area contributed by atoms with Crippen LogP contribution in [0.4, 0.5) is 14.9 Å². The summed E-state index contributed by atoms with van der Waals surface area (Å²) in [5, 5.41) is 14.9. The first-order chi connectivity index (χ1) is 17.5. The van der Waals surface area contributed by atoms with Crippen molar-refractivity contribution >= 4 is 17.7 Å². The number of amides is 2. The number of aryl methyl sites for hydroxylation is 1. The van der Waals surface area contributed by atoms with E-state index in [-0.39, 0.29) is 24.4 Å². The number of hydrogen-bond acceptors (Lipinski definition) is 5. The maximum atomic E-state index is 13.4. The van der Waals surface area contributed by atoms with Crippen LogP contribution < -0.4 is 15.5 Å². The minimum atomic E-state index is -1.08. The number of carbonyl (C=O) groups is 2. The summed E-state index contributed by atoms with van der Waals surface area (Å²) in [6.07, 6.45) is 1.48. The highest BCUT2D eigenvalue weighted by Crippen LogP contribution is 2.36. The molecule has 2 amide bonds. The largest absolute Gasteiger partial charge is 0.465 e. The number of ether oxygens (including phenoxy) is 1. The molecular formula is C27H33FN4O4. The molecule has 9 heteroatoms. The molecule has 2 fully saturated rings. The normalized spacial score (nSPS) is 22.8. The highest BCUT2D eigenvalue weighted by Gasteiger charge is 2.32. The van der Waals surface area contributed by atoms with E-state index in [0.29, 0.717) is 11.6 Å². The van der Waals surface area contributed by atoms with E-state index in [1.165, 1.54) is 29.8 Å². The second-order valence-electron chi connectivity index (χ2n) is 9.89. The van der Waals surface area contributed by atoms with Gasteiger partial charge in [-0.1, -0.05) is 6.07 Å². The lowest BCUT2D eigenvalue weighted by Crippen LogP contribution is -2.56. The maximum absolute atomic E-state index is 13.4. The van der Waals surface area contributed by atoms with Crippen molar-refractivity contribution in [1.82, 2.24) is 15.5 Å². The van der Waals surface area contributed by atoms with Gasteiger partial charge in [-0.2, -0.15) is 0 Å². The van der Waals surface area contributed by atoms with Gasteiger partial charge < -0.3 is 25.4 Å². The third-order valence-corrected chi connectivity index (χ3v) is 7.68. The van der Waals surface area contributed by atoms with E-state index in [9.17, 15) is 19.1 Å². The second-order valence-corrected chi connectivity index (χ2v) is 9.89. The van der Waals surface area contributed by atoms with Gasteiger partial charge in [0.25, 0.3) is 5.91 Å². The summed E-state index contributed by atoms with van der Waals surface area (Å²) in [4.78, 5) is 29.3. The molecule has 1 aliphatic carbocycles. The van der Waals surface area contributed by atoms with E-state index in [2.05, 4.69) is 38.6 Å². The summed E-state index contributed by atoms with van der Waals surface area (Å²) in [5.41, 5.74) is 3.70. The Morgan fingerprint density at radius 1 is 1.06 bits per heavy atom. The third-order valence-electron chi connectivity index (χ3n) is 7.68. The number of nitrogens with zero attached hydrogens (tertiary/aromatic N) is 2. The number of hydrogen-bond donors (Lipinski definition) is 3. The number of benzene rings is 2. The van der Waals surface area contributed by atoms with Crippen LogP contribution in [-0.4, -0.2) is 74.0 Å². The average Bonchev–Trinajstić information content (AvgIpc) is 3.01. The Morgan fingerprint density at radius 2 is 1.81 bits per heavy atom. The maximum Gasteiger partial charge on any atom is 0.404 e. The predicted octanol–water partition coefficient (Wildman–Crippen LogP) is 3.04. The molecule has 0 spiro atoms. The van der Waals surface area contributed by atoms with Gasteiger partial charge in [-0.15, -0.1) is 0 Å². The van der Waals surface area contributed by atoms with Gasteiger partial charge >= 0.3 is 6.09 Å². The van der Waals surface area contributed by atoms with Gasteiger partial charge in [0, 0.05) is 49.9 Å². The van der Waals surface area contributed by atoms with E-state index in [1.807, 2.05) is 0 Å². The van der Waals surface area contributed by atoms with Crippen LogP contribution in [0.5, 0.6) is 0 Å². The highest BCUT2D eigenvalue weighted by atomic mass is 19.1. The molecule has 3 N–H and O–H groups in total. The molecule has 192 valence electrons. The molecule has 36 heavy (non-hydrogen) atoms. The van der Waals surface area contributed by atoms with Gasteiger partial charge in [-0.25, -0.2) is 9.18 Å². The minimum Gasteiger partial charge on any atom is -0.465 e. The number of fused-ring (bicyclic) bond motifs is 1. The van der Waals surface area contributed by atoms with Crippen LogP contribution in [0.15, 0.2) is 42.5 Å². The Balaban J connectivity index is 1.39. The van der Waals surface area contributed by atoms with Gasteiger partial charge in [-0.05, 0) is 66.8 Å². The molecule has 5 rings (SSSR count). The molecule has 2 aromatic rings. The molecule has 2 aliphatic heterocycles. The average molecular weight is 497 g/mol. The first-order valence-corrected chi connectivity index (χ1v) is 12.7. The third kappa shape index (κ3) is 5.47. The van der Waals surface area contributed by atoms with Crippen molar-refractivity contribution in [1.29, 1.82) is 0 Å². The van der Waals surface area contributed by atoms with Gasteiger partial charge in [0.05, 0.1) is 25.3 Å². The van der Waals surface area contributed by atoms with Crippen LogP contribution in [-0.2, 0) is 11.2 Å². The summed E-state index contributed by atoms with van der Waals surface area (Å²) in [5.74, 6) is -0.795. The topological polar surface area (TPSA) is 94.1 Å². The molecular weight excluding hydrogens is 463 g/mol. The van der Waals surface area contributed by atoms with Crippen LogP contribution in [0.3, 0.4) is 0 Å². The summed E-state index contributed by atoms with van der Waals surface area (Å²) in [6, 6.07) is 12.1. The van der Waals surface area contributed by atoms with Crippen LogP contribution in [0, 0.1) is 11.7 Å². The Labute approximate surface area is 210 Å². The molecule has 0 aromatic heterocycles. The molecule has 0 radical (unpaired) electrons. The number of carboxylic acid groups (broad SMARTS) is 1. The Kier molecular flexibility index (Phi) is 7.38. The highest BCUT2D eigenvalue weighted by molar-refractivity contribution is 5.94. The van der Waals surface area contributed by atoms with E-state index < -0.39 is 11.9 Å². The van der Waals surface area contributed by atoms with Gasteiger partial charge in [0.15, 0.2) is 0 Å². The molecule has 0 unspecified atom stereocenters. The Hall–Kier alpha value is -3.17. The summed E-state index contributed by atoms with van der Waals surface area (Å²) < 4.78 is 18.8. The zero-order chi connectivity index (χ0) is 25.1. The molecule has 3 aliphatic rings. The number of halogens is 1. The Bertz CT molecular complexity index is 1080. The molecule has 0 saturated carbocycles. The smallest absolute Gasteiger partial charge is 0.404 e. The van der Waals surface area contributed by atoms with Crippen LogP contribution in [0.2, 0.25) is 0 Å². The van der Waals surface area contributed by atoms with Crippen molar-refractivity contribution in [2.24, 2.45) is 5.92 Å². The predicted molar refractivity (Wildman–Crippen MR) is 134 cm³/mol. The first-order valence-electron chi connectivity index (χ1n) is 12.7. The number of nitrogens with one attached hydrogen (secondary N) is 2. The Morgan fingerprint density at radius 3 is 2.47 bits per heavy atom. The van der Waals surface area contributed by atoms with E-state index in [4.69, 9.17) is 4.74 Å². The number of piperazine rings is 1. The zero-order valence-electron chi connectivity index (χ0n) is 20.3. The lowest BCUT2D eigenvalue weighted by atomic mass is 9.89. The van der Waals surface area contributed by atoms with Gasteiger partial charge in [-0.3, -0.25) is 9.69 Å². The quantitative estimate of drug-likeness (QED) is 0.533. The summed E-state index contributed by atoms with van der Waals surface area (Å²) in [6.45, 7) is 5.70. The first kappa shape index (κ1) is 24.5. The molecule has 8 nitrogen and oxygen atoms in total. The minimum absolute atomic E-state index is 0.0996. The molecule has 2 aromatic carbocycles. The summed E-state index contributed by atoms with van der Waals surface area (Å²) >= 11 is 0. The second kappa shape index (κ2) is 10.8. The fourth-order valence-corrected chi connectivity index (χ4v) is 5.51. The molecule has 0 bridgehead atoms. The standard InChI is InChI=1S/C27H33FN4O4/c28-21-7-4-19(5-8-21)26(33)30-25-20(15-29-27(34)35)3-1-2-18-6-9-22(14-24(18)25)31-10-12-32(13-11-31)23-16-36-17-23/h4-9,14,20,23,25,29H,1-3,10-13,15-17H2,(H,30,33)(H,34,35)/t20-,25-/m0/s1. The van der Waals surface area contributed by atoms with E-state index in [0.717, 1.165) is 69.9 Å². The monoisotopic (exact) mass is 496 g/mol. The number of rotatable bonds is 6. The lowest BCUT2D eigenvalue weighted by molar-refractivity contribution is -0.0660.